The first kappa shape index (κ1) is 19.7. The Morgan fingerprint density at radius 1 is 1.00 bits per heavy atom. The smallest absolute Gasteiger partial charge is 0.406 e. The molecule has 0 N–H and O–H groups in total. The Bertz CT molecular complexity index is 758. The molecule has 0 bridgehead atoms. The van der Waals surface area contributed by atoms with Gasteiger partial charge in [-0.2, -0.15) is 31.3 Å². The van der Waals surface area contributed by atoms with E-state index >= 15 is 0 Å². The molecule has 0 amide bonds. The number of hydrogen-bond acceptors (Lipinski definition) is 5. The van der Waals surface area contributed by atoms with Crippen molar-refractivity contribution in [2.24, 2.45) is 9.98 Å². The molecule has 148 valence electrons. The average Bonchev–Trinajstić information content (AvgIpc) is 2.60. The molecule has 0 unspecified atom stereocenters. The summed E-state index contributed by atoms with van der Waals surface area (Å²) in [4.78, 5) is 6.87. The van der Waals surface area contributed by atoms with Crippen molar-refractivity contribution in [2.75, 3.05) is 26.3 Å². The van der Waals surface area contributed by atoms with Crippen LogP contribution in [0.25, 0.3) is 0 Å². The molecule has 0 spiro atoms. The molecule has 2 aliphatic heterocycles. The van der Waals surface area contributed by atoms with Gasteiger partial charge in [-0.05, 0) is 18.2 Å². The monoisotopic (exact) mass is 415 g/mol. The maximum absolute atomic E-state index is 13.5. The molecule has 0 saturated carbocycles. The van der Waals surface area contributed by atoms with Crippen molar-refractivity contribution in [3.8, 4) is 0 Å². The molecule has 1 aromatic rings. The van der Waals surface area contributed by atoms with Crippen LogP contribution >= 0.6 is 11.6 Å². The van der Waals surface area contributed by atoms with Crippen molar-refractivity contribution in [2.45, 2.75) is 18.0 Å². The summed E-state index contributed by atoms with van der Waals surface area (Å²) >= 11 is 5.79. The number of ether oxygens (including phenoxy) is 2. The molecule has 0 radical (unpaired) electrons. The third-order valence-electron chi connectivity index (χ3n) is 3.85. The highest BCUT2D eigenvalue weighted by Gasteiger charge is 2.74. The Morgan fingerprint density at radius 2 is 1.63 bits per heavy atom. The number of halogens is 7. The van der Waals surface area contributed by atoms with Gasteiger partial charge in [0, 0.05) is 23.7 Å². The van der Waals surface area contributed by atoms with Gasteiger partial charge < -0.3 is 14.4 Å². The summed E-state index contributed by atoms with van der Waals surface area (Å²) in [6.07, 6.45) is -11.7. The Morgan fingerprint density at radius 3 is 2.19 bits per heavy atom. The lowest BCUT2D eigenvalue weighted by atomic mass is 10.1. The zero-order valence-corrected chi connectivity index (χ0v) is 14.2. The van der Waals surface area contributed by atoms with Crippen LogP contribution in [0.3, 0.4) is 0 Å². The Hall–Kier alpha value is -2.01. The van der Waals surface area contributed by atoms with E-state index in [4.69, 9.17) is 21.1 Å². The summed E-state index contributed by atoms with van der Waals surface area (Å²) in [5, 5.41) is 0.0962. The van der Waals surface area contributed by atoms with Crippen molar-refractivity contribution >= 4 is 23.5 Å². The highest BCUT2D eigenvalue weighted by atomic mass is 35.5. The highest BCUT2D eigenvalue weighted by molar-refractivity contribution is 6.31. The summed E-state index contributed by atoms with van der Waals surface area (Å²) < 4.78 is 91.5. The molecule has 1 fully saturated rings. The molecular weight excluding hydrogens is 404 g/mol. The quantitative estimate of drug-likeness (QED) is 0.658. The Labute approximate surface area is 154 Å². The number of rotatable bonds is 1. The number of amidine groups is 1. The second-order valence-corrected chi connectivity index (χ2v) is 6.13. The van der Waals surface area contributed by atoms with Crippen LogP contribution in [0.5, 0.6) is 0 Å². The predicted molar refractivity (Wildman–Crippen MR) is 83.7 cm³/mol. The van der Waals surface area contributed by atoms with Gasteiger partial charge in [0.1, 0.15) is 0 Å². The molecule has 3 rings (SSSR count). The lowest BCUT2D eigenvalue weighted by molar-refractivity contribution is -0.293. The number of aliphatic imine (C=N–C) groups is 2. The van der Waals surface area contributed by atoms with Gasteiger partial charge >= 0.3 is 18.0 Å². The molecule has 5 nitrogen and oxygen atoms in total. The van der Waals surface area contributed by atoms with E-state index in [2.05, 4.69) is 9.98 Å². The predicted octanol–water partition coefficient (Wildman–Crippen LogP) is 3.63. The fourth-order valence-corrected chi connectivity index (χ4v) is 2.68. The first-order valence-corrected chi connectivity index (χ1v) is 8.01. The fraction of sp³-hybridized carbons (Fsp3) is 0.467. The highest BCUT2D eigenvalue weighted by Crippen LogP contribution is 2.48. The van der Waals surface area contributed by atoms with E-state index in [9.17, 15) is 26.3 Å². The normalized spacial score (nSPS) is 20.6. The molecule has 1 saturated heterocycles. The second kappa shape index (κ2) is 6.86. The molecule has 0 aliphatic carbocycles. The van der Waals surface area contributed by atoms with Gasteiger partial charge in [0.15, 0.2) is 0 Å². The van der Waals surface area contributed by atoms with E-state index in [0.717, 1.165) is 11.0 Å². The summed E-state index contributed by atoms with van der Waals surface area (Å²) in [7, 11) is 0. The van der Waals surface area contributed by atoms with Crippen LogP contribution in [0.1, 0.15) is 5.56 Å². The minimum atomic E-state index is -5.84. The van der Waals surface area contributed by atoms with Gasteiger partial charge in [0.05, 0.1) is 13.2 Å². The fourth-order valence-electron chi connectivity index (χ4n) is 2.49. The van der Waals surface area contributed by atoms with Crippen LogP contribution in [-0.2, 0) is 9.47 Å². The summed E-state index contributed by atoms with van der Waals surface area (Å²) in [5.74, 6) is -0.872. The molecular formula is C15H12ClF6N3O2. The van der Waals surface area contributed by atoms with E-state index in [0.29, 0.717) is 0 Å². The SMILES string of the molecule is FC(F)(F)C1(C(F)(F)F)N=C(c2cccc(Cl)c2)OC(N2CCOCC2)=N1. The maximum atomic E-state index is 13.5. The van der Waals surface area contributed by atoms with Gasteiger partial charge in [-0.3, -0.25) is 0 Å². The van der Waals surface area contributed by atoms with Crippen molar-refractivity contribution < 1.29 is 35.8 Å². The third kappa shape index (κ3) is 3.70. The number of morpholine rings is 1. The molecule has 0 aromatic heterocycles. The molecule has 12 heteroatoms. The van der Waals surface area contributed by atoms with Crippen molar-refractivity contribution in [3.05, 3.63) is 34.9 Å². The second-order valence-electron chi connectivity index (χ2n) is 5.69. The summed E-state index contributed by atoms with van der Waals surface area (Å²) in [6, 6.07) is 4.33. The van der Waals surface area contributed by atoms with E-state index in [1.54, 1.807) is 0 Å². The largest absolute Gasteiger partial charge is 0.443 e. The topological polar surface area (TPSA) is 46.4 Å². The van der Waals surface area contributed by atoms with Crippen LogP contribution in [0, 0.1) is 0 Å². The minimum Gasteiger partial charge on any atom is -0.406 e. The van der Waals surface area contributed by atoms with Crippen LogP contribution in [0.2, 0.25) is 5.02 Å². The lowest BCUT2D eigenvalue weighted by Crippen LogP contribution is -2.58. The van der Waals surface area contributed by atoms with Crippen molar-refractivity contribution in [1.82, 2.24) is 4.90 Å². The average molecular weight is 416 g/mol. The number of nitrogens with zero attached hydrogens (tertiary/aromatic N) is 3. The minimum absolute atomic E-state index is 0.0213. The van der Waals surface area contributed by atoms with Gasteiger partial charge in [-0.15, -0.1) is 0 Å². The Kier molecular flexibility index (Phi) is 5.02. The Balaban J connectivity index is 2.16. The molecule has 2 aliphatic rings. The van der Waals surface area contributed by atoms with Crippen LogP contribution < -0.4 is 0 Å². The van der Waals surface area contributed by atoms with Crippen LogP contribution in [0.15, 0.2) is 34.3 Å². The standard InChI is InChI=1S/C15H12ClF6N3O2/c16-10-3-1-2-9(8-10)11-23-13(14(17,18)19,15(20,21)22)24-12(27-11)25-4-6-26-7-5-25/h1-3,8H,4-7H2. The van der Waals surface area contributed by atoms with E-state index in [1.165, 1.54) is 18.2 Å². The van der Waals surface area contributed by atoms with Gasteiger partial charge in [-0.25, -0.2) is 4.99 Å². The molecule has 2 heterocycles. The molecule has 0 atom stereocenters. The van der Waals surface area contributed by atoms with E-state index < -0.39 is 29.9 Å². The molecule has 1 aromatic carbocycles. The first-order chi connectivity index (χ1) is 12.5. The number of alkyl halides is 6. The first-order valence-electron chi connectivity index (χ1n) is 7.63. The van der Waals surface area contributed by atoms with Crippen LogP contribution in [0.4, 0.5) is 26.3 Å². The zero-order chi connectivity index (χ0) is 19.9. The zero-order valence-electron chi connectivity index (χ0n) is 13.4. The number of benzene rings is 1. The van der Waals surface area contributed by atoms with Crippen molar-refractivity contribution in [3.63, 3.8) is 0 Å². The summed E-state index contributed by atoms with van der Waals surface area (Å²) in [5.41, 5.74) is -4.81. The van der Waals surface area contributed by atoms with Gasteiger partial charge in [-0.1, -0.05) is 17.7 Å². The van der Waals surface area contributed by atoms with Gasteiger partial charge in [0.25, 0.3) is 6.02 Å². The maximum Gasteiger partial charge on any atom is 0.443 e. The molecule has 27 heavy (non-hydrogen) atoms. The number of hydrogen-bond donors (Lipinski definition) is 0. The summed E-state index contributed by atoms with van der Waals surface area (Å²) in [6.45, 7) is 0.259. The lowest BCUT2D eigenvalue weighted by Gasteiger charge is -2.37. The van der Waals surface area contributed by atoms with E-state index in [-0.39, 0.29) is 36.9 Å². The third-order valence-corrected chi connectivity index (χ3v) is 4.09. The van der Waals surface area contributed by atoms with E-state index in [1.807, 2.05) is 0 Å². The van der Waals surface area contributed by atoms with Crippen LogP contribution in [-0.4, -0.2) is 61.1 Å². The van der Waals surface area contributed by atoms with Crippen molar-refractivity contribution in [1.29, 1.82) is 0 Å². The van der Waals surface area contributed by atoms with Gasteiger partial charge in [0.2, 0.25) is 5.90 Å².